The van der Waals surface area contributed by atoms with Gasteiger partial charge in [-0.25, -0.2) is 4.79 Å². The highest BCUT2D eigenvalue weighted by Gasteiger charge is 2.25. The van der Waals surface area contributed by atoms with E-state index in [1.54, 1.807) is 5.32 Å². The Morgan fingerprint density at radius 2 is 1.96 bits per heavy atom. The second-order valence-electron chi connectivity index (χ2n) is 6.20. The van der Waals surface area contributed by atoms with Crippen LogP contribution in [0, 0.1) is 0 Å². The summed E-state index contributed by atoms with van der Waals surface area (Å²) in [6.07, 6.45) is 5.28. The van der Waals surface area contributed by atoms with Crippen molar-refractivity contribution in [3.63, 3.8) is 0 Å². The van der Waals surface area contributed by atoms with Gasteiger partial charge in [0.15, 0.2) is 0 Å². The van der Waals surface area contributed by atoms with E-state index in [0.717, 1.165) is 13.1 Å². The van der Waals surface area contributed by atoms with Crippen LogP contribution in [0.1, 0.15) is 24.8 Å². The SMILES string of the molecule is N[C@H](CC1=C[NH2+]c2ccccc21)C(=O)[NH2+]CCN1CCCC1.[Cl-].[Cl-]. The van der Waals surface area contributed by atoms with Gasteiger partial charge in [0.25, 0.3) is 0 Å². The molecule has 7 heteroatoms. The van der Waals surface area contributed by atoms with Crippen LogP contribution >= 0.6 is 0 Å². The van der Waals surface area contributed by atoms with E-state index in [4.69, 9.17) is 5.73 Å². The fourth-order valence-electron chi connectivity index (χ4n) is 3.28. The van der Waals surface area contributed by atoms with Crippen LogP contribution in [0.15, 0.2) is 30.5 Å². The van der Waals surface area contributed by atoms with Gasteiger partial charge in [-0.3, -0.25) is 15.5 Å². The minimum absolute atomic E-state index is 0. The van der Waals surface area contributed by atoms with Crippen LogP contribution in [-0.4, -0.2) is 43.0 Å². The molecule has 1 saturated heterocycles. The molecule has 3 rings (SSSR count). The molecule has 0 unspecified atom stereocenters. The minimum Gasteiger partial charge on any atom is -1.00 e. The first-order chi connectivity index (χ1) is 10.7. The second-order valence-corrected chi connectivity index (χ2v) is 6.20. The first kappa shape index (κ1) is 21.1. The number of fused-ring (bicyclic) bond motifs is 1. The number of hydrogen-bond acceptors (Lipinski definition) is 3. The largest absolute Gasteiger partial charge is 1.00 e. The molecular formula is C17H26Cl2N4O. The highest BCUT2D eigenvalue weighted by atomic mass is 35.5. The monoisotopic (exact) mass is 372 g/mol. The van der Waals surface area contributed by atoms with Crippen molar-refractivity contribution in [2.75, 3.05) is 26.2 Å². The van der Waals surface area contributed by atoms with Crippen molar-refractivity contribution in [2.45, 2.75) is 25.3 Å². The van der Waals surface area contributed by atoms with E-state index in [0.29, 0.717) is 6.42 Å². The number of benzene rings is 1. The number of hydrogen-bond donors (Lipinski definition) is 3. The topological polar surface area (TPSA) is 79.5 Å². The number of halogens is 2. The fourth-order valence-corrected chi connectivity index (χ4v) is 3.28. The zero-order chi connectivity index (χ0) is 15.4. The molecule has 1 atom stereocenters. The molecule has 1 fully saturated rings. The zero-order valence-electron chi connectivity index (χ0n) is 13.8. The number of carbonyl (C=O) groups is 1. The summed E-state index contributed by atoms with van der Waals surface area (Å²) in [7, 11) is 0. The quantitative estimate of drug-likeness (QED) is 0.434. The molecule has 0 aliphatic carbocycles. The van der Waals surface area contributed by atoms with E-state index in [1.807, 2.05) is 12.1 Å². The van der Waals surface area contributed by atoms with Crippen LogP contribution < -0.4 is 41.2 Å². The van der Waals surface area contributed by atoms with Crippen molar-refractivity contribution in [3.8, 4) is 0 Å². The van der Waals surface area contributed by atoms with Crippen molar-refractivity contribution in [1.82, 2.24) is 4.90 Å². The van der Waals surface area contributed by atoms with Gasteiger partial charge in [0.2, 0.25) is 0 Å². The summed E-state index contributed by atoms with van der Waals surface area (Å²) < 4.78 is 0. The molecule has 1 aromatic rings. The molecule has 6 N–H and O–H groups in total. The average Bonchev–Trinajstić information content (AvgIpc) is 3.17. The lowest BCUT2D eigenvalue weighted by atomic mass is 10.00. The van der Waals surface area contributed by atoms with E-state index in [9.17, 15) is 4.79 Å². The number of amides is 1. The van der Waals surface area contributed by atoms with Gasteiger partial charge in [-0.15, -0.1) is 0 Å². The van der Waals surface area contributed by atoms with Crippen molar-refractivity contribution >= 4 is 17.2 Å². The summed E-state index contributed by atoms with van der Waals surface area (Å²) >= 11 is 0. The number of nitrogens with zero attached hydrogens (tertiary/aromatic N) is 1. The van der Waals surface area contributed by atoms with Gasteiger partial charge in [-0.2, -0.15) is 0 Å². The second kappa shape index (κ2) is 10.1. The summed E-state index contributed by atoms with van der Waals surface area (Å²) in [5.74, 6) is 0.0736. The summed E-state index contributed by atoms with van der Waals surface area (Å²) in [4.78, 5) is 14.6. The van der Waals surface area contributed by atoms with Gasteiger partial charge < -0.3 is 30.5 Å². The number of para-hydroxylation sites is 1. The third kappa shape index (κ3) is 5.28. The minimum atomic E-state index is -0.426. The molecule has 134 valence electrons. The predicted molar refractivity (Wildman–Crippen MR) is 86.1 cm³/mol. The maximum Gasteiger partial charge on any atom is 0.327 e. The van der Waals surface area contributed by atoms with Gasteiger partial charge in [-0.1, -0.05) is 12.1 Å². The zero-order valence-corrected chi connectivity index (χ0v) is 15.3. The number of likely N-dealkylation sites (tertiary alicyclic amines) is 1. The number of rotatable bonds is 6. The lowest BCUT2D eigenvalue weighted by Gasteiger charge is -2.13. The molecule has 1 aromatic carbocycles. The normalized spacial score (nSPS) is 17.5. The van der Waals surface area contributed by atoms with E-state index in [2.05, 4.69) is 28.5 Å². The van der Waals surface area contributed by atoms with Crippen LogP contribution in [0.2, 0.25) is 0 Å². The average molecular weight is 373 g/mol. The standard InChI is InChI=1S/C17H24N4O.2ClH/c18-15(17(22)19-7-10-21-8-3-4-9-21)11-13-12-20-16-6-2-1-5-14(13)16;;/h1-2,5-6,12,15,20H,3-4,7-11,18H2,(H,19,22);2*1H/t15-;;/m1../s1. The number of carbonyl (C=O) groups excluding carboxylic acids is 1. The van der Waals surface area contributed by atoms with Crippen molar-refractivity contribution in [2.24, 2.45) is 5.73 Å². The highest BCUT2D eigenvalue weighted by Crippen LogP contribution is 2.26. The highest BCUT2D eigenvalue weighted by molar-refractivity contribution is 5.80. The van der Waals surface area contributed by atoms with Crippen molar-refractivity contribution < 1.29 is 40.2 Å². The van der Waals surface area contributed by atoms with Crippen LogP contribution in [-0.2, 0) is 4.79 Å². The molecule has 24 heavy (non-hydrogen) atoms. The first-order valence-electron chi connectivity index (χ1n) is 8.22. The molecule has 1 amide bonds. The lowest BCUT2D eigenvalue weighted by molar-refractivity contribution is -0.569. The van der Waals surface area contributed by atoms with E-state index < -0.39 is 6.04 Å². The van der Waals surface area contributed by atoms with Crippen LogP contribution in [0.4, 0.5) is 5.69 Å². The van der Waals surface area contributed by atoms with Crippen molar-refractivity contribution in [1.29, 1.82) is 0 Å². The number of primary amides is 1. The maximum absolute atomic E-state index is 12.2. The lowest BCUT2D eigenvalue weighted by Crippen LogP contribution is -3.00. The Bertz CT molecular complexity index is 573. The van der Waals surface area contributed by atoms with Gasteiger partial charge in [0.1, 0.15) is 17.9 Å². The van der Waals surface area contributed by atoms with E-state index >= 15 is 0 Å². The van der Waals surface area contributed by atoms with Crippen LogP contribution in [0.25, 0.3) is 5.57 Å². The molecule has 0 radical (unpaired) electrons. The first-order valence-corrected chi connectivity index (χ1v) is 8.22. The summed E-state index contributed by atoms with van der Waals surface area (Å²) in [5.41, 5.74) is 9.70. The fraction of sp³-hybridized carbons (Fsp3) is 0.471. The Labute approximate surface area is 155 Å². The molecule has 2 heterocycles. The van der Waals surface area contributed by atoms with Gasteiger partial charge >= 0.3 is 5.91 Å². The molecule has 2 aliphatic heterocycles. The van der Waals surface area contributed by atoms with E-state index in [-0.39, 0.29) is 30.7 Å². The van der Waals surface area contributed by atoms with Crippen LogP contribution in [0.3, 0.4) is 0 Å². The maximum atomic E-state index is 12.2. The Balaban J connectivity index is 0.00000144. The van der Waals surface area contributed by atoms with Crippen LogP contribution in [0.5, 0.6) is 0 Å². The molecular weight excluding hydrogens is 347 g/mol. The molecule has 0 saturated carbocycles. The molecule has 0 spiro atoms. The Kier molecular flexibility index (Phi) is 8.91. The van der Waals surface area contributed by atoms with Gasteiger partial charge in [0.05, 0.1) is 6.54 Å². The van der Waals surface area contributed by atoms with Gasteiger partial charge in [0, 0.05) is 30.2 Å². The third-order valence-electron chi connectivity index (χ3n) is 4.57. The summed E-state index contributed by atoms with van der Waals surface area (Å²) in [6.45, 7) is 4.15. The Morgan fingerprint density at radius 1 is 1.25 bits per heavy atom. The predicted octanol–water partition coefficient (Wildman–Crippen LogP) is -6.85. The summed E-state index contributed by atoms with van der Waals surface area (Å²) in [6, 6.07) is 7.82. The molecule has 2 aliphatic rings. The smallest absolute Gasteiger partial charge is 0.327 e. The third-order valence-corrected chi connectivity index (χ3v) is 4.57. The number of quaternary nitrogens is 2. The van der Waals surface area contributed by atoms with Crippen molar-refractivity contribution in [3.05, 3.63) is 36.0 Å². The molecule has 0 aromatic heterocycles. The Morgan fingerprint density at radius 3 is 2.71 bits per heavy atom. The Hall–Kier alpha value is -0.950. The summed E-state index contributed by atoms with van der Waals surface area (Å²) in [5, 5.41) is 3.88. The molecule has 5 nitrogen and oxygen atoms in total. The number of nitrogens with two attached hydrogens (primary N) is 3. The van der Waals surface area contributed by atoms with E-state index in [1.165, 1.54) is 42.8 Å². The van der Waals surface area contributed by atoms with Gasteiger partial charge in [-0.05, 0) is 32.0 Å². The molecule has 0 bridgehead atoms.